The third-order valence-electron chi connectivity index (χ3n) is 5.72. The topological polar surface area (TPSA) is 89.9 Å². The molecule has 0 fully saturated rings. The van der Waals surface area contributed by atoms with Gasteiger partial charge in [0.2, 0.25) is 5.91 Å². The molecule has 1 atom stereocenters. The van der Waals surface area contributed by atoms with Gasteiger partial charge in [-0.25, -0.2) is 5.01 Å². The molecule has 0 spiro atoms. The van der Waals surface area contributed by atoms with E-state index in [1.807, 2.05) is 42.5 Å². The lowest BCUT2D eigenvalue weighted by Crippen LogP contribution is -2.41. The predicted molar refractivity (Wildman–Crippen MR) is 127 cm³/mol. The highest BCUT2D eigenvalue weighted by Gasteiger charge is 2.34. The van der Waals surface area contributed by atoms with Crippen LogP contribution in [0.15, 0.2) is 47.6 Å². The molecule has 2 aromatic rings. The van der Waals surface area contributed by atoms with Crippen LogP contribution in [0.4, 0.5) is 0 Å². The SMILES string of the molecule is COCCN(CC(=O)N1N=C(c2ccc(OC)cc2)C[C@@H]1c1ccc(OC)c(OC)c1)C(C)=O. The van der Waals surface area contributed by atoms with Gasteiger partial charge in [-0.3, -0.25) is 9.59 Å². The highest BCUT2D eigenvalue weighted by atomic mass is 16.5. The number of nitrogens with zero attached hydrogens (tertiary/aromatic N) is 3. The number of rotatable bonds is 10. The zero-order valence-corrected chi connectivity index (χ0v) is 20.2. The van der Waals surface area contributed by atoms with Crippen molar-refractivity contribution in [3.63, 3.8) is 0 Å². The van der Waals surface area contributed by atoms with Crippen LogP contribution in [-0.4, -0.2) is 75.6 Å². The summed E-state index contributed by atoms with van der Waals surface area (Å²) < 4.78 is 21.1. The molecule has 0 radical (unpaired) electrons. The van der Waals surface area contributed by atoms with Crippen molar-refractivity contribution in [1.29, 1.82) is 0 Å². The third-order valence-corrected chi connectivity index (χ3v) is 5.72. The van der Waals surface area contributed by atoms with E-state index in [4.69, 9.17) is 18.9 Å². The molecule has 0 saturated heterocycles. The third kappa shape index (κ3) is 5.66. The molecule has 1 aliphatic heterocycles. The fourth-order valence-corrected chi connectivity index (χ4v) is 3.80. The summed E-state index contributed by atoms with van der Waals surface area (Å²) in [6, 6.07) is 12.7. The minimum atomic E-state index is -0.361. The van der Waals surface area contributed by atoms with Gasteiger partial charge in [0.25, 0.3) is 5.91 Å². The van der Waals surface area contributed by atoms with Crippen molar-refractivity contribution < 1.29 is 28.5 Å². The van der Waals surface area contributed by atoms with E-state index >= 15 is 0 Å². The van der Waals surface area contributed by atoms with Gasteiger partial charge in [-0.2, -0.15) is 5.10 Å². The van der Waals surface area contributed by atoms with Gasteiger partial charge in [-0.05, 0) is 47.5 Å². The fourth-order valence-electron chi connectivity index (χ4n) is 3.80. The van der Waals surface area contributed by atoms with E-state index < -0.39 is 0 Å². The van der Waals surface area contributed by atoms with Gasteiger partial charge in [0.1, 0.15) is 12.3 Å². The molecule has 2 aromatic carbocycles. The van der Waals surface area contributed by atoms with E-state index in [0.29, 0.717) is 31.1 Å². The number of carbonyl (C=O) groups is 2. The van der Waals surface area contributed by atoms with Crippen molar-refractivity contribution in [3.8, 4) is 17.2 Å². The molecule has 0 aromatic heterocycles. The van der Waals surface area contributed by atoms with Gasteiger partial charge in [0.15, 0.2) is 11.5 Å². The van der Waals surface area contributed by atoms with Crippen LogP contribution < -0.4 is 14.2 Å². The Morgan fingerprint density at radius 1 is 1.00 bits per heavy atom. The Bertz CT molecular complexity index is 1040. The summed E-state index contributed by atoms with van der Waals surface area (Å²) in [5, 5.41) is 6.14. The maximum absolute atomic E-state index is 13.4. The van der Waals surface area contributed by atoms with Gasteiger partial charge >= 0.3 is 0 Å². The molecule has 34 heavy (non-hydrogen) atoms. The lowest BCUT2D eigenvalue weighted by molar-refractivity contribution is -0.141. The highest BCUT2D eigenvalue weighted by molar-refractivity contribution is 6.03. The molecule has 0 unspecified atom stereocenters. The summed E-state index contributed by atoms with van der Waals surface area (Å²) in [5.41, 5.74) is 2.51. The van der Waals surface area contributed by atoms with E-state index in [1.165, 1.54) is 16.8 Å². The molecule has 1 aliphatic rings. The van der Waals surface area contributed by atoms with Crippen molar-refractivity contribution in [3.05, 3.63) is 53.6 Å². The number of methoxy groups -OCH3 is 4. The second-order valence-electron chi connectivity index (χ2n) is 7.78. The molecule has 0 saturated carbocycles. The molecule has 9 heteroatoms. The molecule has 3 rings (SSSR count). The summed E-state index contributed by atoms with van der Waals surface area (Å²) in [6.07, 6.45) is 0.506. The van der Waals surface area contributed by atoms with Crippen molar-refractivity contribution in [2.24, 2.45) is 5.10 Å². The standard InChI is InChI=1S/C25H31N3O6/c1-17(29)27(12-13-31-2)16-25(30)28-22(19-8-11-23(33-4)24(14-19)34-5)15-21(26-28)18-6-9-20(32-3)10-7-18/h6-11,14,22H,12-13,15-16H2,1-5H3/t22-/m1/s1. The largest absolute Gasteiger partial charge is 0.497 e. The van der Waals surface area contributed by atoms with Crippen LogP contribution in [0.1, 0.15) is 30.5 Å². The van der Waals surface area contributed by atoms with E-state index in [1.54, 1.807) is 28.4 Å². The van der Waals surface area contributed by atoms with Gasteiger partial charge in [0, 0.05) is 27.0 Å². The maximum atomic E-state index is 13.4. The molecule has 9 nitrogen and oxygen atoms in total. The van der Waals surface area contributed by atoms with Crippen LogP contribution >= 0.6 is 0 Å². The average Bonchev–Trinajstić information content (AvgIpc) is 3.31. The molecular formula is C25H31N3O6. The molecule has 0 N–H and O–H groups in total. The van der Waals surface area contributed by atoms with Crippen molar-refractivity contribution in [2.45, 2.75) is 19.4 Å². The van der Waals surface area contributed by atoms with E-state index in [9.17, 15) is 9.59 Å². The predicted octanol–water partition coefficient (Wildman–Crippen LogP) is 2.89. The Labute approximate surface area is 199 Å². The number of ether oxygens (including phenoxy) is 4. The summed E-state index contributed by atoms with van der Waals surface area (Å²) >= 11 is 0. The number of carbonyl (C=O) groups excluding carboxylic acids is 2. The first kappa shape index (κ1) is 25.0. The van der Waals surface area contributed by atoms with E-state index in [-0.39, 0.29) is 24.4 Å². The Morgan fingerprint density at radius 3 is 2.29 bits per heavy atom. The van der Waals surface area contributed by atoms with Gasteiger partial charge in [-0.15, -0.1) is 0 Å². The lowest BCUT2D eigenvalue weighted by Gasteiger charge is -2.26. The van der Waals surface area contributed by atoms with Crippen molar-refractivity contribution in [1.82, 2.24) is 9.91 Å². The quantitative estimate of drug-likeness (QED) is 0.532. The van der Waals surface area contributed by atoms with Gasteiger partial charge in [0.05, 0.1) is 39.7 Å². The zero-order valence-electron chi connectivity index (χ0n) is 20.2. The Kier molecular flexibility index (Phi) is 8.48. The monoisotopic (exact) mass is 469 g/mol. The lowest BCUT2D eigenvalue weighted by atomic mass is 9.98. The van der Waals surface area contributed by atoms with Crippen LogP contribution in [-0.2, 0) is 14.3 Å². The first-order valence-electron chi connectivity index (χ1n) is 10.9. The first-order chi connectivity index (χ1) is 16.4. The second-order valence-corrected chi connectivity index (χ2v) is 7.78. The van der Waals surface area contributed by atoms with Crippen LogP contribution in [0.25, 0.3) is 0 Å². The van der Waals surface area contributed by atoms with Crippen LogP contribution in [0.2, 0.25) is 0 Å². The normalized spacial score (nSPS) is 15.0. The average molecular weight is 470 g/mol. The summed E-state index contributed by atoms with van der Waals surface area (Å²) in [7, 11) is 6.31. The minimum Gasteiger partial charge on any atom is -0.497 e. The Hall–Kier alpha value is -3.59. The summed E-state index contributed by atoms with van der Waals surface area (Å²) in [6.45, 7) is 2.00. The van der Waals surface area contributed by atoms with Crippen molar-refractivity contribution in [2.75, 3.05) is 48.1 Å². The van der Waals surface area contributed by atoms with Crippen LogP contribution in [0.5, 0.6) is 17.2 Å². The smallest absolute Gasteiger partial charge is 0.262 e. The fraction of sp³-hybridized carbons (Fsp3) is 0.400. The number of hydrazone groups is 1. The molecule has 1 heterocycles. The first-order valence-corrected chi connectivity index (χ1v) is 10.9. The molecule has 182 valence electrons. The highest BCUT2D eigenvalue weighted by Crippen LogP contribution is 2.37. The van der Waals surface area contributed by atoms with E-state index in [2.05, 4.69) is 5.10 Å². The molecule has 0 bridgehead atoms. The minimum absolute atomic E-state index is 0.0954. The van der Waals surface area contributed by atoms with Crippen LogP contribution in [0, 0.1) is 0 Å². The number of hydrogen-bond acceptors (Lipinski definition) is 7. The van der Waals surface area contributed by atoms with Crippen LogP contribution in [0.3, 0.4) is 0 Å². The molecule has 2 amide bonds. The number of amides is 2. The van der Waals surface area contributed by atoms with E-state index in [0.717, 1.165) is 22.6 Å². The van der Waals surface area contributed by atoms with Gasteiger partial charge in [-0.1, -0.05) is 6.07 Å². The van der Waals surface area contributed by atoms with Crippen molar-refractivity contribution >= 4 is 17.5 Å². The summed E-state index contributed by atoms with van der Waals surface area (Å²) in [5.74, 6) is 1.42. The second kappa shape index (κ2) is 11.5. The Morgan fingerprint density at radius 2 is 1.71 bits per heavy atom. The number of hydrogen-bond donors (Lipinski definition) is 0. The zero-order chi connectivity index (χ0) is 24.7. The Balaban J connectivity index is 1.94. The summed E-state index contributed by atoms with van der Waals surface area (Å²) in [4.78, 5) is 26.9. The number of benzene rings is 2. The maximum Gasteiger partial charge on any atom is 0.262 e. The molecule has 0 aliphatic carbocycles. The van der Waals surface area contributed by atoms with Gasteiger partial charge < -0.3 is 23.8 Å². The molecular weight excluding hydrogens is 438 g/mol.